The first-order valence-corrected chi connectivity index (χ1v) is 13.0. The lowest BCUT2D eigenvalue weighted by Gasteiger charge is -2.26. The van der Waals surface area contributed by atoms with Crippen LogP contribution in [-0.4, -0.2) is 31.3 Å². The third-order valence-corrected chi connectivity index (χ3v) is 7.03. The van der Waals surface area contributed by atoms with Gasteiger partial charge in [-0.25, -0.2) is 0 Å². The quantitative estimate of drug-likeness (QED) is 0.282. The van der Waals surface area contributed by atoms with Crippen LogP contribution in [0.1, 0.15) is 47.1 Å². The van der Waals surface area contributed by atoms with E-state index in [1.54, 1.807) is 42.3 Å². The number of benzene rings is 3. The first-order chi connectivity index (χ1) is 18.8. The minimum Gasteiger partial charge on any atom is -0.493 e. The van der Waals surface area contributed by atoms with Crippen molar-refractivity contribution in [2.45, 2.75) is 26.4 Å². The number of hydrogen-bond acceptors (Lipinski definition) is 7. The van der Waals surface area contributed by atoms with E-state index in [2.05, 4.69) is 13.8 Å². The summed E-state index contributed by atoms with van der Waals surface area (Å²) >= 11 is 6.20. The number of carbonyl (C=O) groups is 1. The Bertz CT molecular complexity index is 1660. The van der Waals surface area contributed by atoms with Crippen LogP contribution < -0.4 is 24.4 Å². The Morgan fingerprint density at radius 3 is 2.62 bits per heavy atom. The maximum Gasteiger partial charge on any atom is 0.291 e. The fraction of sp³-hybridized carbons (Fsp3) is 0.267. The molecule has 1 atom stereocenters. The van der Waals surface area contributed by atoms with Crippen LogP contribution in [0.5, 0.6) is 23.0 Å². The van der Waals surface area contributed by atoms with Gasteiger partial charge >= 0.3 is 0 Å². The molecule has 0 spiro atoms. The SMILES string of the molecule is COc1cc(C2c3c(oc4ccc(Cl)cc4c3=O)C(=O)N2Cc2ccc3c(c2)OCO3)ccc1OCC(C)C. The van der Waals surface area contributed by atoms with Crippen molar-refractivity contribution >= 4 is 28.5 Å². The Morgan fingerprint density at radius 1 is 1.00 bits per heavy atom. The van der Waals surface area contributed by atoms with Gasteiger partial charge in [0, 0.05) is 11.6 Å². The number of hydrogen-bond donors (Lipinski definition) is 0. The number of carbonyl (C=O) groups excluding carboxylic acids is 1. The molecule has 200 valence electrons. The molecule has 0 N–H and O–H groups in total. The second kappa shape index (κ2) is 9.85. The molecule has 2 aliphatic rings. The van der Waals surface area contributed by atoms with E-state index in [1.807, 2.05) is 24.3 Å². The zero-order valence-corrected chi connectivity index (χ0v) is 22.4. The van der Waals surface area contributed by atoms with Crippen LogP contribution in [0.4, 0.5) is 0 Å². The van der Waals surface area contributed by atoms with Gasteiger partial charge in [-0.05, 0) is 59.5 Å². The van der Waals surface area contributed by atoms with Gasteiger partial charge in [-0.3, -0.25) is 9.59 Å². The molecule has 3 heterocycles. The molecule has 1 unspecified atom stereocenters. The Hall–Kier alpha value is -4.17. The van der Waals surface area contributed by atoms with Crippen molar-refractivity contribution in [2.24, 2.45) is 5.92 Å². The Labute approximate surface area is 229 Å². The van der Waals surface area contributed by atoms with Crippen LogP contribution in [0.25, 0.3) is 11.0 Å². The van der Waals surface area contributed by atoms with Crippen LogP contribution >= 0.6 is 11.6 Å². The van der Waals surface area contributed by atoms with E-state index in [-0.39, 0.29) is 36.0 Å². The van der Waals surface area contributed by atoms with Gasteiger partial charge in [-0.1, -0.05) is 37.6 Å². The summed E-state index contributed by atoms with van der Waals surface area (Å²) in [5.74, 6) is 2.30. The lowest BCUT2D eigenvalue weighted by Crippen LogP contribution is -2.29. The van der Waals surface area contributed by atoms with E-state index in [4.69, 9.17) is 35.0 Å². The van der Waals surface area contributed by atoms with E-state index < -0.39 is 6.04 Å². The van der Waals surface area contributed by atoms with E-state index in [0.717, 1.165) is 5.56 Å². The molecule has 9 heteroatoms. The van der Waals surface area contributed by atoms with Crippen molar-refractivity contribution in [1.29, 1.82) is 0 Å². The minimum atomic E-state index is -0.731. The van der Waals surface area contributed by atoms with Gasteiger partial charge in [0.05, 0.1) is 30.7 Å². The molecule has 1 aromatic heterocycles. The van der Waals surface area contributed by atoms with Gasteiger partial charge in [0.2, 0.25) is 12.6 Å². The van der Waals surface area contributed by atoms with Crippen molar-refractivity contribution in [3.8, 4) is 23.0 Å². The Balaban J connectivity index is 1.49. The van der Waals surface area contributed by atoms with E-state index in [1.165, 1.54) is 0 Å². The van der Waals surface area contributed by atoms with Gasteiger partial charge < -0.3 is 28.3 Å². The number of ether oxygens (including phenoxy) is 4. The Morgan fingerprint density at radius 2 is 1.82 bits per heavy atom. The molecule has 0 radical (unpaired) electrons. The summed E-state index contributed by atoms with van der Waals surface area (Å²) < 4.78 is 28.6. The third-order valence-electron chi connectivity index (χ3n) is 6.79. The number of nitrogens with zero attached hydrogens (tertiary/aromatic N) is 1. The molecule has 0 fully saturated rings. The molecule has 0 saturated carbocycles. The Kier molecular flexibility index (Phi) is 6.35. The van der Waals surface area contributed by atoms with E-state index in [9.17, 15) is 9.59 Å². The number of halogens is 1. The maximum atomic E-state index is 13.9. The lowest BCUT2D eigenvalue weighted by atomic mass is 9.97. The van der Waals surface area contributed by atoms with Gasteiger partial charge in [0.15, 0.2) is 28.4 Å². The fourth-order valence-electron chi connectivity index (χ4n) is 4.97. The zero-order valence-electron chi connectivity index (χ0n) is 21.7. The summed E-state index contributed by atoms with van der Waals surface area (Å²) in [7, 11) is 1.56. The highest BCUT2D eigenvalue weighted by Crippen LogP contribution is 2.42. The lowest BCUT2D eigenvalue weighted by molar-refractivity contribution is 0.0714. The van der Waals surface area contributed by atoms with Crippen molar-refractivity contribution < 1.29 is 28.2 Å². The summed E-state index contributed by atoms with van der Waals surface area (Å²) in [6.45, 7) is 4.99. The van der Waals surface area contributed by atoms with Gasteiger partial charge in [0.25, 0.3) is 5.91 Å². The van der Waals surface area contributed by atoms with Gasteiger partial charge in [-0.2, -0.15) is 0 Å². The first kappa shape index (κ1) is 25.1. The highest BCUT2D eigenvalue weighted by molar-refractivity contribution is 6.31. The molecule has 39 heavy (non-hydrogen) atoms. The predicted octanol–water partition coefficient (Wildman–Crippen LogP) is 5.96. The van der Waals surface area contributed by atoms with Crippen LogP contribution in [0.2, 0.25) is 5.02 Å². The molecular formula is C30H26ClNO7. The molecular weight excluding hydrogens is 522 g/mol. The molecule has 0 saturated heterocycles. The summed E-state index contributed by atoms with van der Waals surface area (Å²) in [5, 5.41) is 0.717. The number of fused-ring (bicyclic) bond motifs is 3. The van der Waals surface area contributed by atoms with Crippen LogP contribution in [0.15, 0.2) is 63.8 Å². The molecule has 3 aromatic carbocycles. The zero-order chi connectivity index (χ0) is 27.3. The summed E-state index contributed by atoms with van der Waals surface area (Å²) in [6.07, 6.45) is 0. The summed E-state index contributed by atoms with van der Waals surface area (Å²) in [4.78, 5) is 29.3. The van der Waals surface area contributed by atoms with Gasteiger partial charge in [0.1, 0.15) is 5.58 Å². The fourth-order valence-corrected chi connectivity index (χ4v) is 5.14. The molecule has 6 rings (SSSR count). The second-order valence-corrected chi connectivity index (χ2v) is 10.4. The second-order valence-electron chi connectivity index (χ2n) is 9.95. The van der Waals surface area contributed by atoms with Crippen molar-refractivity contribution in [2.75, 3.05) is 20.5 Å². The smallest absolute Gasteiger partial charge is 0.291 e. The minimum absolute atomic E-state index is 0.0136. The van der Waals surface area contributed by atoms with Crippen LogP contribution in [0.3, 0.4) is 0 Å². The maximum absolute atomic E-state index is 13.9. The topological polar surface area (TPSA) is 87.4 Å². The molecule has 2 aliphatic heterocycles. The largest absolute Gasteiger partial charge is 0.493 e. The summed E-state index contributed by atoms with van der Waals surface area (Å²) in [6, 6.07) is 15.0. The molecule has 0 aliphatic carbocycles. The normalized spacial score (nSPS) is 15.8. The average Bonchev–Trinajstić information content (AvgIpc) is 3.50. The predicted molar refractivity (Wildman–Crippen MR) is 145 cm³/mol. The molecule has 0 bridgehead atoms. The molecule has 4 aromatic rings. The van der Waals surface area contributed by atoms with Crippen LogP contribution in [-0.2, 0) is 6.54 Å². The third kappa shape index (κ3) is 4.44. The molecule has 8 nitrogen and oxygen atoms in total. The highest BCUT2D eigenvalue weighted by atomic mass is 35.5. The summed E-state index contributed by atoms with van der Waals surface area (Å²) in [5.41, 5.74) is 1.75. The molecule has 1 amide bonds. The first-order valence-electron chi connectivity index (χ1n) is 12.6. The van der Waals surface area contributed by atoms with Gasteiger partial charge in [-0.15, -0.1) is 0 Å². The number of methoxy groups -OCH3 is 1. The number of amides is 1. The van der Waals surface area contributed by atoms with Crippen molar-refractivity contribution in [1.82, 2.24) is 4.90 Å². The highest BCUT2D eigenvalue weighted by Gasteiger charge is 2.43. The number of rotatable bonds is 7. The van der Waals surface area contributed by atoms with E-state index in [0.29, 0.717) is 57.1 Å². The van der Waals surface area contributed by atoms with Crippen LogP contribution in [0, 0.1) is 5.92 Å². The van der Waals surface area contributed by atoms with Crippen molar-refractivity contribution in [3.63, 3.8) is 0 Å². The van der Waals surface area contributed by atoms with Crippen molar-refractivity contribution in [3.05, 3.63) is 92.3 Å². The standard InChI is InChI=1S/C30H26ClNO7/c1-16(2)14-36-22-8-5-18(11-24(22)35-3)27-26-28(33)20-12-19(31)6-9-21(20)39-29(26)30(34)32(27)13-17-4-7-23-25(10-17)38-15-37-23/h4-12,16,27H,13-15H2,1-3H3. The average molecular weight is 548 g/mol. The van der Waals surface area contributed by atoms with E-state index >= 15 is 0 Å². The monoisotopic (exact) mass is 547 g/mol.